The molecule has 0 saturated carbocycles. The van der Waals surface area contributed by atoms with Crippen molar-refractivity contribution >= 4 is 17.5 Å². The van der Waals surface area contributed by atoms with Crippen LogP contribution in [0.5, 0.6) is 5.75 Å². The number of nitrogens with zero attached hydrogens (tertiary/aromatic N) is 3. The topological polar surface area (TPSA) is 85.4 Å². The van der Waals surface area contributed by atoms with Gasteiger partial charge in [-0.3, -0.25) is 4.68 Å². The SMILES string of the molecule is CCCOc1cc(F)ccc1NC(=O)N1CCCn2nc(N)cc2C1. The van der Waals surface area contributed by atoms with Crippen LogP contribution >= 0.6 is 0 Å². The van der Waals surface area contributed by atoms with Gasteiger partial charge in [0, 0.05) is 25.2 Å². The Hall–Kier alpha value is -2.77. The highest BCUT2D eigenvalue weighted by atomic mass is 19.1. The number of fused-ring (bicyclic) bond motifs is 1. The maximum atomic E-state index is 13.5. The molecule has 2 aromatic rings. The van der Waals surface area contributed by atoms with Crippen molar-refractivity contribution < 1.29 is 13.9 Å². The smallest absolute Gasteiger partial charge is 0.322 e. The van der Waals surface area contributed by atoms with Gasteiger partial charge < -0.3 is 20.7 Å². The van der Waals surface area contributed by atoms with Gasteiger partial charge in [-0.2, -0.15) is 5.10 Å². The third kappa shape index (κ3) is 4.01. The number of nitrogen functional groups attached to an aromatic ring is 1. The van der Waals surface area contributed by atoms with Gasteiger partial charge in [0.05, 0.1) is 24.5 Å². The van der Waals surface area contributed by atoms with Gasteiger partial charge in [0.2, 0.25) is 0 Å². The molecule has 1 aromatic carbocycles. The van der Waals surface area contributed by atoms with Crippen molar-refractivity contribution in [2.24, 2.45) is 0 Å². The minimum absolute atomic E-state index is 0.263. The molecule has 2 heterocycles. The molecule has 3 N–H and O–H groups in total. The summed E-state index contributed by atoms with van der Waals surface area (Å²) in [7, 11) is 0. The van der Waals surface area contributed by atoms with E-state index in [4.69, 9.17) is 10.5 Å². The van der Waals surface area contributed by atoms with E-state index in [2.05, 4.69) is 10.4 Å². The Balaban J connectivity index is 1.73. The Morgan fingerprint density at radius 1 is 1.40 bits per heavy atom. The van der Waals surface area contributed by atoms with Crippen LogP contribution in [0.3, 0.4) is 0 Å². The number of nitrogens with one attached hydrogen (secondary N) is 1. The fourth-order valence-electron chi connectivity index (χ4n) is 2.78. The maximum Gasteiger partial charge on any atom is 0.322 e. The fourth-order valence-corrected chi connectivity index (χ4v) is 2.78. The summed E-state index contributed by atoms with van der Waals surface area (Å²) in [5, 5.41) is 7.04. The van der Waals surface area contributed by atoms with Crippen LogP contribution in [0, 0.1) is 5.82 Å². The number of amides is 2. The molecule has 0 aliphatic carbocycles. The maximum absolute atomic E-state index is 13.5. The van der Waals surface area contributed by atoms with Gasteiger partial charge >= 0.3 is 6.03 Å². The van der Waals surface area contributed by atoms with Gasteiger partial charge in [-0.05, 0) is 25.0 Å². The molecule has 2 amide bonds. The molecule has 7 nitrogen and oxygen atoms in total. The number of carbonyl (C=O) groups is 1. The van der Waals surface area contributed by atoms with Crippen LogP contribution in [0.2, 0.25) is 0 Å². The van der Waals surface area contributed by atoms with Gasteiger partial charge in [0.25, 0.3) is 0 Å². The Kier molecular flexibility index (Phi) is 5.06. The average Bonchev–Trinajstić information content (AvgIpc) is 2.81. The van der Waals surface area contributed by atoms with E-state index in [1.165, 1.54) is 18.2 Å². The number of aromatic nitrogens is 2. The summed E-state index contributed by atoms with van der Waals surface area (Å²) in [4.78, 5) is 14.3. The van der Waals surface area contributed by atoms with E-state index in [-0.39, 0.29) is 6.03 Å². The van der Waals surface area contributed by atoms with E-state index in [9.17, 15) is 9.18 Å². The summed E-state index contributed by atoms with van der Waals surface area (Å²) in [6, 6.07) is 5.61. The van der Waals surface area contributed by atoms with Crippen molar-refractivity contribution in [3.63, 3.8) is 0 Å². The summed E-state index contributed by atoms with van der Waals surface area (Å²) >= 11 is 0. The Morgan fingerprint density at radius 3 is 3.04 bits per heavy atom. The van der Waals surface area contributed by atoms with E-state index >= 15 is 0 Å². The van der Waals surface area contributed by atoms with Crippen molar-refractivity contribution in [3.05, 3.63) is 35.8 Å². The highest BCUT2D eigenvalue weighted by molar-refractivity contribution is 5.91. The summed E-state index contributed by atoms with van der Waals surface area (Å²) < 4.78 is 20.8. The van der Waals surface area contributed by atoms with Gasteiger partial charge in [-0.25, -0.2) is 9.18 Å². The largest absolute Gasteiger partial charge is 0.491 e. The lowest BCUT2D eigenvalue weighted by molar-refractivity contribution is 0.210. The first kappa shape index (κ1) is 17.1. The molecule has 0 fully saturated rings. The van der Waals surface area contributed by atoms with Gasteiger partial charge in [-0.1, -0.05) is 6.92 Å². The molecule has 1 aliphatic heterocycles. The number of carbonyl (C=O) groups excluding carboxylic acids is 1. The van der Waals surface area contributed by atoms with Gasteiger partial charge in [0.1, 0.15) is 17.4 Å². The van der Waals surface area contributed by atoms with Crippen LogP contribution in [0.4, 0.5) is 20.7 Å². The van der Waals surface area contributed by atoms with E-state index < -0.39 is 5.82 Å². The molecule has 3 rings (SSSR count). The molecule has 0 unspecified atom stereocenters. The molecular weight excluding hydrogens is 325 g/mol. The van der Waals surface area contributed by atoms with Crippen molar-refractivity contribution in [2.75, 3.05) is 24.2 Å². The Labute approximate surface area is 145 Å². The van der Waals surface area contributed by atoms with Gasteiger partial charge in [0.15, 0.2) is 0 Å². The molecule has 134 valence electrons. The number of ether oxygens (including phenoxy) is 1. The number of anilines is 2. The number of halogens is 1. The predicted octanol–water partition coefficient (Wildman–Crippen LogP) is 2.83. The van der Waals surface area contributed by atoms with Crippen molar-refractivity contribution in [1.82, 2.24) is 14.7 Å². The van der Waals surface area contributed by atoms with Crippen LogP contribution in [0.15, 0.2) is 24.3 Å². The summed E-state index contributed by atoms with van der Waals surface area (Å²) in [5.41, 5.74) is 7.08. The number of hydrogen-bond acceptors (Lipinski definition) is 4. The minimum Gasteiger partial charge on any atom is -0.491 e. The molecule has 8 heteroatoms. The zero-order valence-corrected chi connectivity index (χ0v) is 14.2. The van der Waals surface area contributed by atoms with Crippen LogP contribution in [-0.4, -0.2) is 33.9 Å². The molecule has 0 atom stereocenters. The summed E-state index contributed by atoms with van der Waals surface area (Å²) in [6.45, 7) is 4.15. The minimum atomic E-state index is -0.404. The lowest BCUT2D eigenvalue weighted by Gasteiger charge is -2.21. The lowest BCUT2D eigenvalue weighted by atomic mass is 10.2. The van der Waals surface area contributed by atoms with E-state index in [1.807, 2.05) is 11.6 Å². The normalized spacial score (nSPS) is 13.9. The quantitative estimate of drug-likeness (QED) is 0.890. The number of hydrogen-bond donors (Lipinski definition) is 2. The highest BCUT2D eigenvalue weighted by Crippen LogP contribution is 2.26. The van der Waals surface area contributed by atoms with Gasteiger partial charge in [-0.15, -0.1) is 0 Å². The second-order valence-corrected chi connectivity index (χ2v) is 5.98. The first-order valence-corrected chi connectivity index (χ1v) is 8.37. The third-order valence-corrected chi connectivity index (χ3v) is 3.97. The number of rotatable bonds is 4. The number of benzene rings is 1. The van der Waals surface area contributed by atoms with Crippen LogP contribution in [0.1, 0.15) is 25.5 Å². The first-order chi connectivity index (χ1) is 12.1. The average molecular weight is 347 g/mol. The highest BCUT2D eigenvalue weighted by Gasteiger charge is 2.21. The van der Waals surface area contributed by atoms with Crippen LogP contribution in [0.25, 0.3) is 0 Å². The Morgan fingerprint density at radius 2 is 2.24 bits per heavy atom. The molecule has 1 aromatic heterocycles. The second kappa shape index (κ2) is 7.42. The molecule has 0 radical (unpaired) electrons. The number of nitrogens with two attached hydrogens (primary N) is 1. The van der Waals surface area contributed by atoms with Crippen molar-refractivity contribution in [2.45, 2.75) is 32.9 Å². The van der Waals surface area contributed by atoms with Crippen molar-refractivity contribution in [1.29, 1.82) is 0 Å². The van der Waals surface area contributed by atoms with E-state index in [1.54, 1.807) is 11.0 Å². The van der Waals surface area contributed by atoms with Crippen LogP contribution in [-0.2, 0) is 13.1 Å². The third-order valence-electron chi connectivity index (χ3n) is 3.97. The molecule has 1 aliphatic rings. The summed E-state index contributed by atoms with van der Waals surface area (Å²) in [5.74, 6) is 0.378. The van der Waals surface area contributed by atoms with E-state index in [0.29, 0.717) is 37.0 Å². The van der Waals surface area contributed by atoms with E-state index in [0.717, 1.165) is 25.1 Å². The zero-order chi connectivity index (χ0) is 17.8. The molecule has 0 bridgehead atoms. The standard InChI is InChI=1S/C17H22FN5O2/c1-2-8-25-15-9-12(18)4-5-14(15)20-17(24)22-6-3-7-23-13(11-22)10-16(19)21-23/h4-5,9-10H,2-3,6-8,11H2,1H3,(H2,19,21)(H,20,24). The molecule has 0 saturated heterocycles. The molecular formula is C17H22FN5O2. The van der Waals surface area contributed by atoms with Crippen molar-refractivity contribution in [3.8, 4) is 5.75 Å². The first-order valence-electron chi connectivity index (χ1n) is 8.37. The predicted molar refractivity (Wildman–Crippen MR) is 92.9 cm³/mol. The molecule has 25 heavy (non-hydrogen) atoms. The fraction of sp³-hybridized carbons (Fsp3) is 0.412. The number of aryl methyl sites for hydroxylation is 1. The van der Waals surface area contributed by atoms with Crippen LogP contribution < -0.4 is 15.8 Å². The molecule has 0 spiro atoms. The second-order valence-electron chi connectivity index (χ2n) is 5.98. The summed E-state index contributed by atoms with van der Waals surface area (Å²) in [6.07, 6.45) is 1.57. The lowest BCUT2D eigenvalue weighted by Crippen LogP contribution is -2.34. The number of urea groups is 1. The zero-order valence-electron chi connectivity index (χ0n) is 14.2. The monoisotopic (exact) mass is 347 g/mol. The Bertz CT molecular complexity index is 761.